The Morgan fingerprint density at radius 1 is 1.37 bits per heavy atom. The van der Waals surface area contributed by atoms with E-state index in [9.17, 15) is 17.6 Å². The number of rotatable bonds is 3. The maximum atomic E-state index is 12.9. The van der Waals surface area contributed by atoms with Crippen LogP contribution in [0.1, 0.15) is 6.42 Å². The van der Waals surface area contributed by atoms with E-state index in [2.05, 4.69) is 0 Å². The first kappa shape index (κ1) is 14.3. The molecule has 2 rings (SSSR count). The molecule has 104 valence electrons. The normalized spacial score (nSPS) is 21.3. The van der Waals surface area contributed by atoms with Gasteiger partial charge in [0.25, 0.3) is 0 Å². The number of halogens is 2. The second-order valence-corrected chi connectivity index (χ2v) is 6.93. The molecule has 0 bridgehead atoms. The Hall–Kier alpha value is -1.14. The Morgan fingerprint density at radius 2 is 2.00 bits per heavy atom. The van der Waals surface area contributed by atoms with E-state index in [-0.39, 0.29) is 23.3 Å². The van der Waals surface area contributed by atoms with E-state index in [0.29, 0.717) is 12.1 Å². The van der Waals surface area contributed by atoms with Crippen LogP contribution >= 0.6 is 11.6 Å². The van der Waals surface area contributed by atoms with Gasteiger partial charge in [0.2, 0.25) is 5.91 Å². The topological polar surface area (TPSA) is 54.5 Å². The molecule has 19 heavy (non-hydrogen) atoms. The van der Waals surface area contributed by atoms with Crippen molar-refractivity contribution >= 4 is 33.0 Å². The Kier molecular flexibility index (Phi) is 4.10. The summed E-state index contributed by atoms with van der Waals surface area (Å²) < 4.78 is 35.9. The summed E-state index contributed by atoms with van der Waals surface area (Å²) >= 11 is 5.56. The minimum Gasteiger partial charge on any atom is -0.307 e. The molecule has 0 saturated carbocycles. The average Bonchev–Trinajstić information content (AvgIpc) is 2.72. The molecule has 7 heteroatoms. The van der Waals surface area contributed by atoms with Crippen LogP contribution in [0.15, 0.2) is 24.3 Å². The third-order valence-corrected chi connectivity index (χ3v) is 5.04. The zero-order valence-electron chi connectivity index (χ0n) is 10.1. The monoisotopic (exact) mass is 305 g/mol. The molecule has 1 amide bonds. The highest BCUT2D eigenvalue weighted by atomic mass is 35.5. The van der Waals surface area contributed by atoms with Crippen molar-refractivity contribution in [3.8, 4) is 0 Å². The first-order valence-electron chi connectivity index (χ1n) is 5.77. The molecule has 1 saturated heterocycles. The van der Waals surface area contributed by atoms with Crippen LogP contribution in [-0.4, -0.2) is 37.8 Å². The Balaban J connectivity index is 2.32. The molecule has 1 atom stereocenters. The van der Waals surface area contributed by atoms with Crippen molar-refractivity contribution in [1.82, 2.24) is 0 Å². The molecule has 0 N–H and O–H groups in total. The summed E-state index contributed by atoms with van der Waals surface area (Å²) in [5.41, 5.74) is 0.467. The van der Waals surface area contributed by atoms with Crippen molar-refractivity contribution in [2.45, 2.75) is 12.5 Å². The highest BCUT2D eigenvalue weighted by Crippen LogP contribution is 2.25. The van der Waals surface area contributed by atoms with Crippen molar-refractivity contribution in [3.05, 3.63) is 30.1 Å². The summed E-state index contributed by atoms with van der Waals surface area (Å²) in [5.74, 6) is -1.05. The molecule has 1 aliphatic rings. The van der Waals surface area contributed by atoms with Crippen LogP contribution in [0.3, 0.4) is 0 Å². The maximum absolute atomic E-state index is 12.9. The number of hydrogen-bond acceptors (Lipinski definition) is 3. The lowest BCUT2D eigenvalue weighted by molar-refractivity contribution is -0.116. The first-order valence-corrected chi connectivity index (χ1v) is 8.12. The van der Waals surface area contributed by atoms with Gasteiger partial charge >= 0.3 is 0 Å². The zero-order valence-corrected chi connectivity index (χ0v) is 11.6. The summed E-state index contributed by atoms with van der Waals surface area (Å²) in [6.07, 6.45) is 0.377. The summed E-state index contributed by atoms with van der Waals surface area (Å²) in [5, 5.41) is 0. The number of sulfone groups is 1. The number of anilines is 1. The number of carbonyl (C=O) groups excluding carboxylic acids is 1. The fourth-order valence-corrected chi connectivity index (χ4v) is 4.03. The fraction of sp³-hybridized carbons (Fsp3) is 0.417. The SMILES string of the molecule is O=C(CCl)N(c1ccc(F)cc1)[C@@H]1CCS(=O)(=O)C1. The van der Waals surface area contributed by atoms with E-state index in [0.717, 1.165) is 0 Å². The van der Waals surface area contributed by atoms with E-state index in [4.69, 9.17) is 11.6 Å². The molecule has 4 nitrogen and oxygen atoms in total. The van der Waals surface area contributed by atoms with Gasteiger partial charge in [-0.1, -0.05) is 0 Å². The minimum atomic E-state index is -3.11. The molecule has 1 heterocycles. The summed E-state index contributed by atoms with van der Waals surface area (Å²) in [6, 6.07) is 4.93. The van der Waals surface area contributed by atoms with E-state index < -0.39 is 21.7 Å². The largest absolute Gasteiger partial charge is 0.307 e. The maximum Gasteiger partial charge on any atom is 0.242 e. The van der Waals surface area contributed by atoms with Crippen LogP contribution in [0, 0.1) is 5.82 Å². The van der Waals surface area contributed by atoms with Crippen LogP contribution in [0.4, 0.5) is 10.1 Å². The Bertz CT molecular complexity index is 573. The average molecular weight is 306 g/mol. The van der Waals surface area contributed by atoms with Gasteiger partial charge in [0.05, 0.1) is 17.5 Å². The van der Waals surface area contributed by atoms with Gasteiger partial charge in [-0.25, -0.2) is 12.8 Å². The van der Waals surface area contributed by atoms with Gasteiger partial charge in [-0.3, -0.25) is 4.79 Å². The van der Waals surface area contributed by atoms with Gasteiger partial charge < -0.3 is 4.90 Å². The van der Waals surface area contributed by atoms with Crippen molar-refractivity contribution in [1.29, 1.82) is 0 Å². The van der Waals surface area contributed by atoms with Crippen molar-refractivity contribution in [2.75, 3.05) is 22.3 Å². The highest BCUT2D eigenvalue weighted by molar-refractivity contribution is 7.91. The van der Waals surface area contributed by atoms with Gasteiger partial charge in [0.1, 0.15) is 11.7 Å². The number of carbonyl (C=O) groups is 1. The van der Waals surface area contributed by atoms with Crippen LogP contribution in [-0.2, 0) is 14.6 Å². The van der Waals surface area contributed by atoms with Gasteiger partial charge in [-0.15, -0.1) is 11.6 Å². The summed E-state index contributed by atoms with van der Waals surface area (Å²) in [6.45, 7) is 0. The third-order valence-electron chi connectivity index (χ3n) is 3.06. The predicted molar refractivity (Wildman–Crippen MR) is 71.7 cm³/mol. The van der Waals surface area contributed by atoms with E-state index in [1.165, 1.54) is 29.2 Å². The van der Waals surface area contributed by atoms with Crippen LogP contribution in [0.2, 0.25) is 0 Å². The van der Waals surface area contributed by atoms with Gasteiger partial charge in [0.15, 0.2) is 9.84 Å². The number of amides is 1. The number of benzene rings is 1. The molecule has 1 aliphatic heterocycles. The Labute approximate surface area is 116 Å². The number of alkyl halides is 1. The second kappa shape index (κ2) is 5.46. The number of hydrogen-bond donors (Lipinski definition) is 0. The summed E-state index contributed by atoms with van der Waals surface area (Å²) in [4.78, 5) is 13.3. The molecule has 1 aromatic rings. The van der Waals surface area contributed by atoms with Crippen molar-refractivity contribution < 1.29 is 17.6 Å². The standard InChI is InChI=1S/C12H13ClFNO3S/c13-7-12(16)15(10-3-1-9(14)2-4-10)11-5-6-19(17,18)8-11/h1-4,11H,5-8H2/t11-/m1/s1. The molecular formula is C12H13ClFNO3S. The molecule has 0 aliphatic carbocycles. The molecule has 0 aromatic heterocycles. The molecule has 1 aromatic carbocycles. The Morgan fingerprint density at radius 3 is 2.47 bits per heavy atom. The molecule has 0 spiro atoms. The van der Waals surface area contributed by atoms with Crippen LogP contribution in [0.25, 0.3) is 0 Å². The molecule has 0 radical (unpaired) electrons. The highest BCUT2D eigenvalue weighted by Gasteiger charge is 2.35. The minimum absolute atomic E-state index is 0.0604. The zero-order chi connectivity index (χ0) is 14.0. The second-order valence-electron chi connectivity index (χ2n) is 4.43. The predicted octanol–water partition coefficient (Wildman–Crippen LogP) is 1.58. The van der Waals surface area contributed by atoms with Crippen molar-refractivity contribution in [2.24, 2.45) is 0 Å². The molecular weight excluding hydrogens is 293 g/mol. The fourth-order valence-electron chi connectivity index (χ4n) is 2.20. The first-order chi connectivity index (χ1) is 8.93. The van der Waals surface area contributed by atoms with Crippen LogP contribution < -0.4 is 4.90 Å². The lowest BCUT2D eigenvalue weighted by Gasteiger charge is -2.27. The van der Waals surface area contributed by atoms with E-state index >= 15 is 0 Å². The van der Waals surface area contributed by atoms with E-state index in [1.807, 2.05) is 0 Å². The molecule has 0 unspecified atom stereocenters. The quantitative estimate of drug-likeness (QED) is 0.797. The lowest BCUT2D eigenvalue weighted by Crippen LogP contribution is -2.42. The third kappa shape index (κ3) is 3.25. The van der Waals surface area contributed by atoms with Crippen LogP contribution in [0.5, 0.6) is 0 Å². The summed E-state index contributed by atoms with van der Waals surface area (Å²) in [7, 11) is -3.11. The number of nitrogens with zero attached hydrogens (tertiary/aromatic N) is 1. The smallest absolute Gasteiger partial charge is 0.242 e. The lowest BCUT2D eigenvalue weighted by atomic mass is 10.2. The van der Waals surface area contributed by atoms with E-state index in [1.54, 1.807) is 0 Å². The van der Waals surface area contributed by atoms with Gasteiger partial charge in [-0.05, 0) is 30.7 Å². The molecule has 1 fully saturated rings. The van der Waals surface area contributed by atoms with Gasteiger partial charge in [-0.2, -0.15) is 0 Å². The van der Waals surface area contributed by atoms with Gasteiger partial charge in [0, 0.05) is 5.69 Å². The van der Waals surface area contributed by atoms with Crippen molar-refractivity contribution in [3.63, 3.8) is 0 Å².